The van der Waals surface area contributed by atoms with Gasteiger partial charge in [-0.15, -0.1) is 0 Å². The van der Waals surface area contributed by atoms with E-state index in [4.69, 9.17) is 0 Å². The van der Waals surface area contributed by atoms with Crippen molar-refractivity contribution in [3.05, 3.63) is 46.4 Å². The molecular weight excluding hydrogens is 344 g/mol. The molecule has 126 valence electrons. The van der Waals surface area contributed by atoms with Gasteiger partial charge in [-0.25, -0.2) is 0 Å². The van der Waals surface area contributed by atoms with Gasteiger partial charge in [0.25, 0.3) is 0 Å². The van der Waals surface area contributed by atoms with Gasteiger partial charge in [-0.2, -0.15) is 0 Å². The van der Waals surface area contributed by atoms with Crippen LogP contribution in [0.1, 0.15) is 77.7 Å². The standard InChI is InChI=1S/C22H31Br/c1-5-6-7-8-9-14-20(22(2,3)4)18-15-16-21(23)19-13-11-10-12-17(18)19/h10-13,15-16,20H,5-9,14H2,1-4H3. The van der Waals surface area contributed by atoms with Crippen LogP contribution in [0.2, 0.25) is 0 Å². The third-order valence-electron chi connectivity index (χ3n) is 4.92. The van der Waals surface area contributed by atoms with Crippen LogP contribution in [0.4, 0.5) is 0 Å². The molecule has 1 heteroatoms. The second-order valence-corrected chi connectivity index (χ2v) is 8.66. The predicted octanol–water partition coefficient (Wildman–Crippen LogP) is 8.09. The Morgan fingerprint density at radius 1 is 0.870 bits per heavy atom. The van der Waals surface area contributed by atoms with E-state index in [0.29, 0.717) is 11.3 Å². The maximum atomic E-state index is 3.71. The Kier molecular flexibility index (Phi) is 6.71. The first-order valence-electron chi connectivity index (χ1n) is 9.12. The van der Waals surface area contributed by atoms with E-state index in [0.717, 1.165) is 0 Å². The minimum absolute atomic E-state index is 0.293. The molecule has 0 radical (unpaired) electrons. The Bertz CT molecular complexity index is 621. The second kappa shape index (κ2) is 8.33. The van der Waals surface area contributed by atoms with Gasteiger partial charge in [0, 0.05) is 4.47 Å². The molecule has 0 spiro atoms. The van der Waals surface area contributed by atoms with E-state index in [9.17, 15) is 0 Å². The summed E-state index contributed by atoms with van der Waals surface area (Å²) < 4.78 is 1.20. The van der Waals surface area contributed by atoms with E-state index >= 15 is 0 Å². The first-order valence-corrected chi connectivity index (χ1v) is 9.91. The first kappa shape index (κ1) is 18.5. The molecule has 2 aromatic rings. The summed E-state index contributed by atoms with van der Waals surface area (Å²) in [5, 5.41) is 2.75. The van der Waals surface area contributed by atoms with Crippen LogP contribution in [0.3, 0.4) is 0 Å². The highest BCUT2D eigenvalue weighted by molar-refractivity contribution is 9.10. The van der Waals surface area contributed by atoms with Gasteiger partial charge in [-0.1, -0.05) is 106 Å². The maximum Gasteiger partial charge on any atom is 0.0253 e. The van der Waals surface area contributed by atoms with Gasteiger partial charge in [-0.05, 0) is 40.2 Å². The smallest absolute Gasteiger partial charge is 0.0253 e. The molecule has 0 nitrogen and oxygen atoms in total. The number of fused-ring (bicyclic) bond motifs is 1. The highest BCUT2D eigenvalue weighted by atomic mass is 79.9. The molecule has 2 rings (SSSR count). The van der Waals surface area contributed by atoms with Crippen molar-refractivity contribution in [3.8, 4) is 0 Å². The minimum Gasteiger partial charge on any atom is -0.0654 e. The van der Waals surface area contributed by atoms with E-state index in [1.807, 2.05) is 0 Å². The van der Waals surface area contributed by atoms with Crippen molar-refractivity contribution in [2.45, 2.75) is 72.1 Å². The summed E-state index contributed by atoms with van der Waals surface area (Å²) in [5.74, 6) is 0.613. The van der Waals surface area contributed by atoms with E-state index in [1.165, 1.54) is 59.3 Å². The lowest BCUT2D eigenvalue weighted by Crippen LogP contribution is -2.19. The molecule has 23 heavy (non-hydrogen) atoms. The third-order valence-corrected chi connectivity index (χ3v) is 5.61. The van der Waals surface area contributed by atoms with E-state index in [1.54, 1.807) is 0 Å². The summed E-state index contributed by atoms with van der Waals surface area (Å²) >= 11 is 3.71. The van der Waals surface area contributed by atoms with Gasteiger partial charge in [-0.3, -0.25) is 0 Å². The molecule has 0 aliphatic heterocycles. The zero-order valence-electron chi connectivity index (χ0n) is 15.2. The van der Waals surface area contributed by atoms with Gasteiger partial charge in [0.05, 0.1) is 0 Å². The molecule has 1 atom stereocenters. The normalized spacial score (nSPS) is 13.4. The summed E-state index contributed by atoms with van der Waals surface area (Å²) in [5.41, 5.74) is 1.81. The van der Waals surface area contributed by atoms with E-state index in [2.05, 4.69) is 80.0 Å². The number of halogens is 1. The molecule has 0 saturated carbocycles. The fourth-order valence-electron chi connectivity index (χ4n) is 3.60. The number of benzene rings is 2. The summed E-state index contributed by atoms with van der Waals surface area (Å²) in [4.78, 5) is 0. The van der Waals surface area contributed by atoms with Crippen LogP contribution in [0.15, 0.2) is 40.9 Å². The second-order valence-electron chi connectivity index (χ2n) is 7.80. The molecule has 0 aromatic heterocycles. The molecule has 0 aliphatic carbocycles. The van der Waals surface area contributed by atoms with Gasteiger partial charge in [0.1, 0.15) is 0 Å². The van der Waals surface area contributed by atoms with Gasteiger partial charge in [0.2, 0.25) is 0 Å². The van der Waals surface area contributed by atoms with Crippen molar-refractivity contribution in [2.24, 2.45) is 5.41 Å². The fourth-order valence-corrected chi connectivity index (χ4v) is 4.07. The molecule has 0 heterocycles. The maximum absolute atomic E-state index is 3.71. The Hall–Kier alpha value is -0.820. The van der Waals surface area contributed by atoms with E-state index < -0.39 is 0 Å². The van der Waals surface area contributed by atoms with Crippen LogP contribution in [-0.4, -0.2) is 0 Å². The van der Waals surface area contributed by atoms with Crippen LogP contribution in [0.5, 0.6) is 0 Å². The number of unbranched alkanes of at least 4 members (excludes halogenated alkanes) is 4. The van der Waals surface area contributed by atoms with Crippen LogP contribution in [-0.2, 0) is 0 Å². The highest BCUT2D eigenvalue weighted by Crippen LogP contribution is 2.43. The Morgan fingerprint density at radius 2 is 1.52 bits per heavy atom. The fraction of sp³-hybridized carbons (Fsp3) is 0.545. The molecular formula is C22H31Br. The van der Waals surface area contributed by atoms with Crippen LogP contribution in [0, 0.1) is 5.41 Å². The van der Waals surface area contributed by atoms with Gasteiger partial charge in [0.15, 0.2) is 0 Å². The van der Waals surface area contributed by atoms with Gasteiger partial charge < -0.3 is 0 Å². The summed E-state index contributed by atoms with van der Waals surface area (Å²) in [6.07, 6.45) is 8.08. The van der Waals surface area contributed by atoms with Crippen molar-refractivity contribution in [2.75, 3.05) is 0 Å². The van der Waals surface area contributed by atoms with Crippen molar-refractivity contribution in [3.63, 3.8) is 0 Å². The summed E-state index contributed by atoms with van der Waals surface area (Å²) in [7, 11) is 0. The Morgan fingerprint density at radius 3 is 2.17 bits per heavy atom. The molecule has 0 bridgehead atoms. The zero-order chi connectivity index (χ0) is 16.9. The largest absolute Gasteiger partial charge is 0.0654 e. The van der Waals surface area contributed by atoms with Crippen molar-refractivity contribution >= 4 is 26.7 Å². The van der Waals surface area contributed by atoms with Crippen LogP contribution >= 0.6 is 15.9 Å². The topological polar surface area (TPSA) is 0 Å². The number of hydrogen-bond donors (Lipinski definition) is 0. The lowest BCUT2D eigenvalue weighted by atomic mass is 9.72. The van der Waals surface area contributed by atoms with Crippen molar-refractivity contribution < 1.29 is 0 Å². The molecule has 0 aliphatic rings. The average Bonchev–Trinajstić information content (AvgIpc) is 2.51. The summed E-state index contributed by atoms with van der Waals surface area (Å²) in [6.45, 7) is 9.45. The van der Waals surface area contributed by atoms with Crippen molar-refractivity contribution in [1.29, 1.82) is 0 Å². The van der Waals surface area contributed by atoms with Crippen LogP contribution in [0.25, 0.3) is 10.8 Å². The SMILES string of the molecule is CCCCCCCC(c1ccc(Br)c2ccccc12)C(C)(C)C. The quantitative estimate of drug-likeness (QED) is 0.429. The average molecular weight is 375 g/mol. The van der Waals surface area contributed by atoms with Crippen LogP contribution < -0.4 is 0 Å². The zero-order valence-corrected chi connectivity index (χ0v) is 16.7. The molecule has 0 amide bonds. The molecule has 0 N–H and O–H groups in total. The molecule has 0 saturated heterocycles. The Balaban J connectivity index is 2.28. The monoisotopic (exact) mass is 374 g/mol. The highest BCUT2D eigenvalue weighted by Gasteiger charge is 2.27. The number of rotatable bonds is 7. The first-order chi connectivity index (χ1) is 10.9. The summed E-state index contributed by atoms with van der Waals surface area (Å²) in [6, 6.07) is 13.4. The van der Waals surface area contributed by atoms with E-state index in [-0.39, 0.29) is 0 Å². The molecule has 1 unspecified atom stereocenters. The Labute approximate surface area is 150 Å². The lowest BCUT2D eigenvalue weighted by molar-refractivity contribution is 0.299. The lowest BCUT2D eigenvalue weighted by Gasteiger charge is -2.32. The van der Waals surface area contributed by atoms with Gasteiger partial charge >= 0.3 is 0 Å². The third kappa shape index (κ3) is 4.83. The molecule has 2 aromatic carbocycles. The molecule has 0 fully saturated rings. The number of hydrogen-bond acceptors (Lipinski definition) is 0. The predicted molar refractivity (Wildman–Crippen MR) is 107 cm³/mol. The van der Waals surface area contributed by atoms with Crippen molar-refractivity contribution in [1.82, 2.24) is 0 Å². The minimum atomic E-state index is 0.293.